The summed E-state index contributed by atoms with van der Waals surface area (Å²) in [7, 11) is 0. The molecule has 0 spiro atoms. The zero-order valence-electron chi connectivity index (χ0n) is 18.6. The van der Waals surface area contributed by atoms with Gasteiger partial charge in [0.2, 0.25) is 0 Å². The summed E-state index contributed by atoms with van der Waals surface area (Å²) in [5.74, 6) is -0.230. The maximum absolute atomic E-state index is 13.1. The van der Waals surface area contributed by atoms with Gasteiger partial charge in [-0.2, -0.15) is 0 Å². The van der Waals surface area contributed by atoms with Gasteiger partial charge in [0.05, 0.1) is 0 Å². The zero-order valence-corrected chi connectivity index (χ0v) is 18.6. The topological polar surface area (TPSA) is 78.1 Å². The molecule has 1 fully saturated rings. The van der Waals surface area contributed by atoms with E-state index in [1.54, 1.807) is 12.3 Å². The van der Waals surface area contributed by atoms with Gasteiger partial charge in [-0.15, -0.1) is 0 Å². The van der Waals surface area contributed by atoms with E-state index in [1.807, 2.05) is 66.6 Å². The number of aromatic nitrogens is 2. The van der Waals surface area contributed by atoms with Crippen LogP contribution in [-0.4, -0.2) is 39.8 Å². The number of fused-ring (bicyclic) bond motifs is 1. The number of hydrogen-bond donors (Lipinski definition) is 2. The number of amides is 2. The minimum Gasteiger partial charge on any atom is -0.348 e. The molecule has 1 saturated heterocycles. The molecular formula is C27H26N4O2. The fraction of sp³-hybridized carbons (Fsp3) is 0.222. The van der Waals surface area contributed by atoms with Gasteiger partial charge in [-0.3, -0.25) is 9.59 Å². The van der Waals surface area contributed by atoms with Crippen LogP contribution in [0, 0.1) is 6.92 Å². The maximum Gasteiger partial charge on any atom is 0.253 e. The van der Waals surface area contributed by atoms with E-state index >= 15 is 0 Å². The molecule has 0 unspecified atom stereocenters. The molecule has 33 heavy (non-hydrogen) atoms. The fourth-order valence-corrected chi connectivity index (χ4v) is 4.26. The van der Waals surface area contributed by atoms with E-state index in [-0.39, 0.29) is 11.8 Å². The highest BCUT2D eigenvalue weighted by atomic mass is 16.2. The van der Waals surface area contributed by atoms with Crippen molar-refractivity contribution in [2.45, 2.75) is 26.3 Å². The van der Waals surface area contributed by atoms with Crippen LogP contribution in [-0.2, 0) is 6.54 Å². The fourth-order valence-electron chi connectivity index (χ4n) is 4.26. The van der Waals surface area contributed by atoms with Crippen molar-refractivity contribution in [2.24, 2.45) is 0 Å². The Morgan fingerprint density at radius 2 is 1.73 bits per heavy atom. The van der Waals surface area contributed by atoms with Crippen LogP contribution in [0.3, 0.4) is 0 Å². The van der Waals surface area contributed by atoms with Crippen LogP contribution in [0.15, 0.2) is 67.0 Å². The number of nitrogens with one attached hydrogen (secondary N) is 2. The Labute approximate surface area is 192 Å². The largest absolute Gasteiger partial charge is 0.348 e. The second-order valence-corrected chi connectivity index (χ2v) is 8.61. The van der Waals surface area contributed by atoms with Crippen molar-refractivity contribution in [3.8, 4) is 11.1 Å². The Hall–Kier alpha value is -3.93. The summed E-state index contributed by atoms with van der Waals surface area (Å²) in [6.45, 7) is 3.93. The highest BCUT2D eigenvalue weighted by Gasteiger charge is 2.21. The van der Waals surface area contributed by atoms with Gasteiger partial charge < -0.3 is 15.2 Å². The zero-order chi connectivity index (χ0) is 22.8. The molecule has 1 aliphatic heterocycles. The number of nitrogens with zero attached hydrogens (tertiary/aromatic N) is 2. The molecule has 6 heteroatoms. The lowest BCUT2D eigenvalue weighted by atomic mass is 9.98. The normalized spacial score (nSPS) is 13.4. The predicted octanol–water partition coefficient (Wildman–Crippen LogP) is 4.70. The van der Waals surface area contributed by atoms with E-state index in [4.69, 9.17) is 0 Å². The summed E-state index contributed by atoms with van der Waals surface area (Å²) in [5, 5.41) is 3.98. The van der Waals surface area contributed by atoms with Gasteiger partial charge in [-0.25, -0.2) is 4.98 Å². The molecule has 0 atom stereocenters. The second-order valence-electron chi connectivity index (χ2n) is 8.61. The third-order valence-electron chi connectivity index (χ3n) is 6.13. The molecule has 2 aromatic carbocycles. The van der Waals surface area contributed by atoms with Gasteiger partial charge in [-0.1, -0.05) is 29.8 Å². The Bertz CT molecular complexity index is 1320. The quantitative estimate of drug-likeness (QED) is 0.474. The van der Waals surface area contributed by atoms with Crippen LogP contribution >= 0.6 is 0 Å². The van der Waals surface area contributed by atoms with Crippen molar-refractivity contribution in [3.63, 3.8) is 0 Å². The first-order valence-electron chi connectivity index (χ1n) is 11.3. The van der Waals surface area contributed by atoms with E-state index in [2.05, 4.69) is 15.3 Å². The van der Waals surface area contributed by atoms with Crippen LogP contribution < -0.4 is 5.32 Å². The second kappa shape index (κ2) is 8.90. The summed E-state index contributed by atoms with van der Waals surface area (Å²) in [6, 6.07) is 17.5. The lowest BCUT2D eigenvalue weighted by molar-refractivity contribution is 0.0793. The number of likely N-dealkylation sites (tertiary alicyclic amines) is 1. The number of carbonyl (C=O) groups excluding carboxylic acids is 2. The summed E-state index contributed by atoms with van der Waals surface area (Å²) in [6.07, 6.45) is 5.65. The number of carbonyl (C=O) groups is 2. The Morgan fingerprint density at radius 3 is 2.52 bits per heavy atom. The molecule has 0 bridgehead atoms. The number of aryl methyl sites for hydroxylation is 1. The number of aromatic amines is 1. The lowest BCUT2D eigenvalue weighted by Gasteiger charge is -2.17. The molecule has 4 aromatic rings. The number of hydrogen-bond acceptors (Lipinski definition) is 3. The van der Waals surface area contributed by atoms with Gasteiger partial charge in [0.1, 0.15) is 5.65 Å². The van der Waals surface area contributed by atoms with Crippen LogP contribution in [0.5, 0.6) is 0 Å². The molecule has 1 aliphatic rings. The summed E-state index contributed by atoms with van der Waals surface area (Å²) >= 11 is 0. The summed E-state index contributed by atoms with van der Waals surface area (Å²) in [4.78, 5) is 35.5. The molecule has 0 saturated carbocycles. The minimum absolute atomic E-state index is 0.0161. The molecule has 166 valence electrons. The summed E-state index contributed by atoms with van der Waals surface area (Å²) in [5.41, 5.74) is 5.77. The predicted molar refractivity (Wildman–Crippen MR) is 129 cm³/mol. The lowest BCUT2D eigenvalue weighted by Crippen LogP contribution is -2.28. The van der Waals surface area contributed by atoms with Crippen LogP contribution in [0.2, 0.25) is 0 Å². The average Bonchev–Trinajstić information content (AvgIpc) is 3.54. The maximum atomic E-state index is 13.1. The van der Waals surface area contributed by atoms with E-state index in [0.717, 1.165) is 59.2 Å². The molecule has 6 nitrogen and oxygen atoms in total. The summed E-state index contributed by atoms with van der Waals surface area (Å²) < 4.78 is 0. The number of pyridine rings is 1. The minimum atomic E-state index is -0.214. The van der Waals surface area contributed by atoms with Crippen LogP contribution in [0.1, 0.15) is 44.7 Å². The van der Waals surface area contributed by atoms with Crippen molar-refractivity contribution in [1.29, 1.82) is 0 Å². The van der Waals surface area contributed by atoms with Crippen molar-refractivity contribution < 1.29 is 9.59 Å². The Balaban J connectivity index is 1.43. The molecule has 3 heterocycles. The van der Waals surface area contributed by atoms with Crippen molar-refractivity contribution in [2.75, 3.05) is 13.1 Å². The van der Waals surface area contributed by atoms with Gasteiger partial charge in [0.25, 0.3) is 11.8 Å². The number of rotatable bonds is 5. The Morgan fingerprint density at radius 1 is 0.970 bits per heavy atom. The smallest absolute Gasteiger partial charge is 0.253 e. The van der Waals surface area contributed by atoms with Crippen LogP contribution in [0.25, 0.3) is 22.2 Å². The number of H-pyrrole nitrogens is 1. The molecule has 2 aromatic heterocycles. The van der Waals surface area contributed by atoms with Gasteiger partial charge in [0.15, 0.2) is 0 Å². The Kier molecular flexibility index (Phi) is 5.65. The molecular weight excluding hydrogens is 412 g/mol. The highest BCUT2D eigenvalue weighted by Crippen LogP contribution is 2.25. The van der Waals surface area contributed by atoms with E-state index in [9.17, 15) is 9.59 Å². The first-order chi connectivity index (χ1) is 16.1. The standard InChI is InChI=1S/C27H26N4O2/c1-18-4-6-20(7-5-18)22-13-23(15-24(14-22)27(33)31-10-2-3-11-31)26(32)30-17-19-12-21-8-9-28-25(21)29-16-19/h4-9,12-16H,2-3,10-11,17H2,1H3,(H,28,29)(H,30,32). The highest BCUT2D eigenvalue weighted by molar-refractivity contribution is 6.01. The van der Waals surface area contributed by atoms with Crippen molar-refractivity contribution in [3.05, 3.63) is 89.2 Å². The molecule has 0 radical (unpaired) electrons. The first kappa shape index (κ1) is 20.9. The van der Waals surface area contributed by atoms with Gasteiger partial charge in [-0.05, 0) is 66.8 Å². The monoisotopic (exact) mass is 438 g/mol. The molecule has 5 rings (SSSR count). The third kappa shape index (κ3) is 4.51. The third-order valence-corrected chi connectivity index (χ3v) is 6.13. The SMILES string of the molecule is Cc1ccc(-c2cc(C(=O)NCc3cnc4[nH]ccc4c3)cc(C(=O)N3CCCC3)c2)cc1. The molecule has 2 N–H and O–H groups in total. The van der Waals surface area contributed by atoms with Gasteiger partial charge in [0, 0.05) is 48.5 Å². The molecule has 2 amide bonds. The average molecular weight is 439 g/mol. The van der Waals surface area contributed by atoms with E-state index < -0.39 is 0 Å². The number of benzene rings is 2. The van der Waals surface area contributed by atoms with E-state index in [1.165, 1.54) is 0 Å². The molecule has 0 aliphatic carbocycles. The van der Waals surface area contributed by atoms with Gasteiger partial charge >= 0.3 is 0 Å². The van der Waals surface area contributed by atoms with Crippen molar-refractivity contribution >= 4 is 22.8 Å². The van der Waals surface area contributed by atoms with Crippen molar-refractivity contribution in [1.82, 2.24) is 20.2 Å². The first-order valence-corrected chi connectivity index (χ1v) is 11.3. The van der Waals surface area contributed by atoms with E-state index in [0.29, 0.717) is 17.7 Å². The van der Waals surface area contributed by atoms with Crippen LogP contribution in [0.4, 0.5) is 0 Å².